The van der Waals surface area contributed by atoms with Gasteiger partial charge in [0.25, 0.3) is 0 Å². The molecule has 1 amide bonds. The highest BCUT2D eigenvalue weighted by atomic mass is 16.1. The standard InChI is InChI=1S/C28H64N10O2/c1-27(39)7-3-4-8-28(40)34-13-5-17-37(25-26-38(20-11-31)21-12-32)24-23-36(22-15-33-14-9-29)18-6-16-35(2)19-10-30/h33H,3-26,29-32H2,1-2H3,(H,34,40). The van der Waals surface area contributed by atoms with Gasteiger partial charge in [-0.1, -0.05) is 0 Å². The van der Waals surface area contributed by atoms with Gasteiger partial charge in [0.15, 0.2) is 0 Å². The number of likely N-dealkylation sites (N-methyl/N-ethyl adjacent to an activating group) is 1. The molecule has 0 heterocycles. The van der Waals surface area contributed by atoms with Crippen LogP contribution >= 0.6 is 0 Å². The fourth-order valence-electron chi connectivity index (χ4n) is 4.58. The lowest BCUT2D eigenvalue weighted by atomic mass is 10.1. The number of rotatable bonds is 30. The molecule has 0 rings (SSSR count). The smallest absolute Gasteiger partial charge is 0.219 e. The van der Waals surface area contributed by atoms with Crippen molar-refractivity contribution < 1.29 is 9.59 Å². The number of nitrogens with two attached hydrogens (primary N) is 4. The molecule has 0 aliphatic carbocycles. The summed E-state index contributed by atoms with van der Waals surface area (Å²) in [6.45, 7) is 17.0. The van der Waals surface area contributed by atoms with Crippen LogP contribution in [0.4, 0.5) is 0 Å². The van der Waals surface area contributed by atoms with Gasteiger partial charge in [-0.05, 0) is 59.3 Å². The van der Waals surface area contributed by atoms with Crippen molar-refractivity contribution in [3.05, 3.63) is 0 Å². The average molecular weight is 573 g/mol. The van der Waals surface area contributed by atoms with Crippen LogP contribution in [-0.2, 0) is 9.59 Å². The summed E-state index contributed by atoms with van der Waals surface area (Å²) in [5.41, 5.74) is 23.0. The molecule has 238 valence electrons. The highest BCUT2D eigenvalue weighted by Gasteiger charge is 2.12. The van der Waals surface area contributed by atoms with Gasteiger partial charge in [-0.2, -0.15) is 0 Å². The molecule has 0 aliphatic rings. The van der Waals surface area contributed by atoms with Gasteiger partial charge < -0.3 is 53.1 Å². The van der Waals surface area contributed by atoms with E-state index >= 15 is 0 Å². The van der Waals surface area contributed by atoms with E-state index in [4.69, 9.17) is 22.9 Å². The van der Waals surface area contributed by atoms with Crippen molar-refractivity contribution in [2.75, 3.05) is 125 Å². The summed E-state index contributed by atoms with van der Waals surface area (Å²) < 4.78 is 0. The monoisotopic (exact) mass is 573 g/mol. The molecule has 0 unspecified atom stereocenters. The number of Topliss-reactive ketones (excluding diaryl/α,β-unsaturated/α-hetero) is 1. The first kappa shape index (κ1) is 38.8. The fraction of sp³-hybridized carbons (Fsp3) is 0.929. The Morgan fingerprint density at radius 1 is 0.550 bits per heavy atom. The van der Waals surface area contributed by atoms with E-state index in [1.165, 1.54) is 0 Å². The molecule has 0 aromatic carbocycles. The SMILES string of the molecule is CC(=O)CCCCC(=O)NCCCN(CCN(CCN)CCN)CCN(CCCN(C)CCN)CCNCCN. The van der Waals surface area contributed by atoms with E-state index in [0.717, 1.165) is 111 Å². The van der Waals surface area contributed by atoms with E-state index in [-0.39, 0.29) is 11.7 Å². The number of nitrogens with zero attached hydrogens (tertiary/aromatic N) is 4. The zero-order chi connectivity index (χ0) is 29.8. The minimum atomic E-state index is 0.0722. The first-order valence-electron chi connectivity index (χ1n) is 15.5. The number of ketones is 1. The Balaban J connectivity index is 4.86. The Morgan fingerprint density at radius 3 is 1.68 bits per heavy atom. The van der Waals surface area contributed by atoms with E-state index in [1.54, 1.807) is 6.92 Å². The quantitative estimate of drug-likeness (QED) is 0.0541. The summed E-state index contributed by atoms with van der Waals surface area (Å²) >= 11 is 0. The first-order valence-corrected chi connectivity index (χ1v) is 15.5. The van der Waals surface area contributed by atoms with Crippen molar-refractivity contribution in [1.29, 1.82) is 0 Å². The van der Waals surface area contributed by atoms with Gasteiger partial charge in [-0.15, -0.1) is 0 Å². The summed E-state index contributed by atoms with van der Waals surface area (Å²) in [5, 5.41) is 6.47. The number of carbonyl (C=O) groups excluding carboxylic acids is 2. The molecule has 0 radical (unpaired) electrons. The fourth-order valence-corrected chi connectivity index (χ4v) is 4.58. The van der Waals surface area contributed by atoms with Gasteiger partial charge in [-0.25, -0.2) is 0 Å². The number of unbranched alkanes of at least 4 members (excludes halogenated alkanes) is 1. The Morgan fingerprint density at radius 2 is 1.10 bits per heavy atom. The molecule has 12 heteroatoms. The Hall–Kier alpha value is -1.22. The van der Waals surface area contributed by atoms with E-state index in [0.29, 0.717) is 45.6 Å². The molecule has 0 bridgehead atoms. The molecule has 10 N–H and O–H groups in total. The molecule has 40 heavy (non-hydrogen) atoms. The lowest BCUT2D eigenvalue weighted by Gasteiger charge is -2.30. The van der Waals surface area contributed by atoms with Crippen LogP contribution in [-0.4, -0.2) is 156 Å². The van der Waals surface area contributed by atoms with Crippen LogP contribution in [0.5, 0.6) is 0 Å². The molecule has 0 spiro atoms. The summed E-state index contributed by atoms with van der Waals surface area (Å²) in [7, 11) is 2.13. The first-order chi connectivity index (χ1) is 19.4. The molecule has 0 aromatic heterocycles. The number of hydrogen-bond acceptors (Lipinski definition) is 11. The summed E-state index contributed by atoms with van der Waals surface area (Å²) in [6.07, 6.45) is 4.57. The summed E-state index contributed by atoms with van der Waals surface area (Å²) in [5.74, 6) is 0.254. The summed E-state index contributed by atoms with van der Waals surface area (Å²) in [4.78, 5) is 32.9. The van der Waals surface area contributed by atoms with Crippen LogP contribution in [0.15, 0.2) is 0 Å². The molecule has 0 saturated carbocycles. The third kappa shape index (κ3) is 24.6. The van der Waals surface area contributed by atoms with E-state index < -0.39 is 0 Å². The maximum Gasteiger partial charge on any atom is 0.219 e. The average Bonchev–Trinajstić information content (AvgIpc) is 2.92. The minimum Gasteiger partial charge on any atom is -0.356 e. The number of carbonyl (C=O) groups is 2. The maximum atomic E-state index is 12.2. The predicted molar refractivity (Wildman–Crippen MR) is 167 cm³/mol. The third-order valence-electron chi connectivity index (χ3n) is 6.96. The second-order valence-corrected chi connectivity index (χ2v) is 10.7. The lowest BCUT2D eigenvalue weighted by Crippen LogP contribution is -2.44. The van der Waals surface area contributed by atoms with Gasteiger partial charge >= 0.3 is 0 Å². The molecule has 0 saturated heterocycles. The van der Waals surface area contributed by atoms with Crippen molar-refractivity contribution in [3.63, 3.8) is 0 Å². The molecular formula is C28H64N10O2. The largest absolute Gasteiger partial charge is 0.356 e. The normalized spacial score (nSPS) is 11.8. The Labute approximate surface area is 244 Å². The van der Waals surface area contributed by atoms with E-state index in [9.17, 15) is 9.59 Å². The molecule has 0 aromatic rings. The van der Waals surface area contributed by atoms with Gasteiger partial charge in [0.2, 0.25) is 5.91 Å². The van der Waals surface area contributed by atoms with Crippen LogP contribution < -0.4 is 33.6 Å². The van der Waals surface area contributed by atoms with Crippen molar-refractivity contribution in [3.8, 4) is 0 Å². The Bertz CT molecular complexity index is 593. The van der Waals surface area contributed by atoms with Crippen molar-refractivity contribution in [1.82, 2.24) is 30.2 Å². The second kappa shape index (κ2) is 27.9. The van der Waals surface area contributed by atoms with Crippen LogP contribution in [0.3, 0.4) is 0 Å². The van der Waals surface area contributed by atoms with E-state index in [2.05, 4.69) is 37.3 Å². The number of hydrogen-bond donors (Lipinski definition) is 6. The van der Waals surface area contributed by atoms with E-state index in [1.807, 2.05) is 0 Å². The van der Waals surface area contributed by atoms with Crippen LogP contribution in [0, 0.1) is 0 Å². The van der Waals surface area contributed by atoms with Crippen molar-refractivity contribution in [2.24, 2.45) is 22.9 Å². The van der Waals surface area contributed by atoms with Gasteiger partial charge in [0, 0.05) is 111 Å². The topological polar surface area (TPSA) is 175 Å². The molecular weight excluding hydrogens is 508 g/mol. The van der Waals surface area contributed by atoms with Gasteiger partial charge in [0.1, 0.15) is 5.78 Å². The van der Waals surface area contributed by atoms with Crippen LogP contribution in [0.1, 0.15) is 45.4 Å². The second-order valence-electron chi connectivity index (χ2n) is 10.7. The summed E-state index contributed by atoms with van der Waals surface area (Å²) in [6, 6.07) is 0. The van der Waals surface area contributed by atoms with Crippen molar-refractivity contribution >= 4 is 11.7 Å². The third-order valence-corrected chi connectivity index (χ3v) is 6.96. The zero-order valence-electron chi connectivity index (χ0n) is 25.9. The van der Waals surface area contributed by atoms with Gasteiger partial charge in [0.05, 0.1) is 0 Å². The van der Waals surface area contributed by atoms with Gasteiger partial charge in [-0.3, -0.25) is 9.69 Å². The van der Waals surface area contributed by atoms with Crippen molar-refractivity contribution in [2.45, 2.75) is 45.4 Å². The highest BCUT2D eigenvalue weighted by molar-refractivity contribution is 5.76. The Kier molecular flexibility index (Phi) is 27.1. The highest BCUT2D eigenvalue weighted by Crippen LogP contribution is 2.02. The maximum absolute atomic E-state index is 12.2. The zero-order valence-corrected chi connectivity index (χ0v) is 25.9. The molecule has 0 aliphatic heterocycles. The number of amides is 1. The lowest BCUT2D eigenvalue weighted by molar-refractivity contribution is -0.121. The van der Waals surface area contributed by atoms with Crippen LogP contribution in [0.2, 0.25) is 0 Å². The van der Waals surface area contributed by atoms with Crippen LogP contribution in [0.25, 0.3) is 0 Å². The number of nitrogens with one attached hydrogen (secondary N) is 2. The molecule has 0 fully saturated rings. The predicted octanol–water partition coefficient (Wildman–Crippen LogP) is -1.71. The molecule has 0 atom stereocenters. The molecule has 12 nitrogen and oxygen atoms in total. The minimum absolute atomic E-state index is 0.0722.